The van der Waals surface area contributed by atoms with Gasteiger partial charge in [0, 0.05) is 5.69 Å². The Labute approximate surface area is 121 Å². The molecule has 112 valence electrons. The Hall–Kier alpha value is -1.27. The van der Waals surface area contributed by atoms with Gasteiger partial charge in [-0.25, -0.2) is 0 Å². The molecule has 0 saturated carbocycles. The lowest BCUT2D eigenvalue weighted by atomic mass is 10.1. The molecule has 20 heavy (non-hydrogen) atoms. The second kappa shape index (κ2) is 6.45. The highest BCUT2D eigenvalue weighted by Gasteiger charge is 2.31. The Morgan fingerprint density at radius 3 is 2.65 bits per heavy atom. The molecule has 1 aliphatic rings. The zero-order valence-electron chi connectivity index (χ0n) is 10.9. The molecule has 3 nitrogen and oxygen atoms in total. The standard InChI is InChI=1S/C13H15F3N2O.ClH/c1-8-4-5-9(13(14,15)16)7-11(8)18-12(19)10-3-2-6-17-10;/h4-5,7,10,17H,2-3,6H2,1H3,(H,18,19);1H. The Bertz CT molecular complexity index is 485. The highest BCUT2D eigenvalue weighted by atomic mass is 35.5. The summed E-state index contributed by atoms with van der Waals surface area (Å²) in [6.07, 6.45) is -2.79. The molecule has 1 unspecified atom stereocenters. The molecule has 0 radical (unpaired) electrons. The van der Waals surface area contributed by atoms with Crippen LogP contribution in [0.25, 0.3) is 0 Å². The van der Waals surface area contributed by atoms with Crippen LogP contribution >= 0.6 is 12.4 Å². The molecule has 0 aliphatic carbocycles. The van der Waals surface area contributed by atoms with Crippen molar-refractivity contribution in [1.29, 1.82) is 0 Å². The number of nitrogens with one attached hydrogen (secondary N) is 2. The molecule has 1 amide bonds. The lowest BCUT2D eigenvalue weighted by molar-refractivity contribution is -0.137. The summed E-state index contributed by atoms with van der Waals surface area (Å²) in [6, 6.07) is 3.04. The van der Waals surface area contributed by atoms with Gasteiger partial charge in [-0.2, -0.15) is 13.2 Å². The van der Waals surface area contributed by atoms with E-state index in [2.05, 4.69) is 10.6 Å². The van der Waals surface area contributed by atoms with Crippen LogP contribution in [0.15, 0.2) is 18.2 Å². The summed E-state index contributed by atoms with van der Waals surface area (Å²) in [5, 5.41) is 5.57. The van der Waals surface area contributed by atoms with E-state index in [0.29, 0.717) is 12.0 Å². The number of carbonyl (C=O) groups excluding carboxylic acids is 1. The van der Waals surface area contributed by atoms with Crippen LogP contribution in [0.2, 0.25) is 0 Å². The number of anilines is 1. The third kappa shape index (κ3) is 3.86. The molecule has 7 heteroatoms. The van der Waals surface area contributed by atoms with E-state index in [0.717, 1.165) is 25.1 Å². The maximum Gasteiger partial charge on any atom is 0.416 e. The van der Waals surface area contributed by atoms with Crippen LogP contribution in [0.4, 0.5) is 18.9 Å². The zero-order valence-corrected chi connectivity index (χ0v) is 11.7. The fraction of sp³-hybridized carbons (Fsp3) is 0.462. The normalized spacial score (nSPS) is 18.5. The van der Waals surface area contributed by atoms with Crippen LogP contribution in [0.5, 0.6) is 0 Å². The lowest BCUT2D eigenvalue weighted by Crippen LogP contribution is -2.35. The van der Waals surface area contributed by atoms with Crippen molar-refractivity contribution < 1.29 is 18.0 Å². The summed E-state index contributed by atoms with van der Waals surface area (Å²) in [5.74, 6) is -0.278. The Balaban J connectivity index is 0.00000200. The van der Waals surface area contributed by atoms with Crippen molar-refractivity contribution in [1.82, 2.24) is 5.32 Å². The lowest BCUT2D eigenvalue weighted by Gasteiger charge is -2.15. The minimum Gasteiger partial charge on any atom is -0.324 e. The van der Waals surface area contributed by atoms with Gasteiger partial charge in [0.2, 0.25) is 5.91 Å². The molecule has 2 N–H and O–H groups in total. The van der Waals surface area contributed by atoms with Gasteiger partial charge in [-0.1, -0.05) is 6.07 Å². The molecule has 1 atom stereocenters. The van der Waals surface area contributed by atoms with Gasteiger partial charge in [0.1, 0.15) is 0 Å². The van der Waals surface area contributed by atoms with Crippen molar-refractivity contribution in [3.05, 3.63) is 29.3 Å². The molecule has 0 bridgehead atoms. The molecular weight excluding hydrogens is 293 g/mol. The van der Waals surface area contributed by atoms with Gasteiger partial charge in [0.05, 0.1) is 11.6 Å². The van der Waals surface area contributed by atoms with Crippen LogP contribution in [-0.4, -0.2) is 18.5 Å². The number of halogens is 4. The highest BCUT2D eigenvalue weighted by Crippen LogP contribution is 2.32. The molecule has 0 spiro atoms. The summed E-state index contributed by atoms with van der Waals surface area (Å²) in [5.41, 5.74) is 0.0700. The minimum absolute atomic E-state index is 0. The number of alkyl halides is 3. The first-order chi connectivity index (χ1) is 8.88. The van der Waals surface area contributed by atoms with Crippen molar-refractivity contribution in [2.45, 2.75) is 32.0 Å². The van der Waals surface area contributed by atoms with E-state index in [1.807, 2.05) is 0 Å². The fourth-order valence-corrected chi connectivity index (χ4v) is 2.06. The summed E-state index contributed by atoms with van der Waals surface area (Å²) in [7, 11) is 0. The van der Waals surface area contributed by atoms with Crippen LogP contribution < -0.4 is 10.6 Å². The van der Waals surface area contributed by atoms with Gasteiger partial charge in [-0.15, -0.1) is 12.4 Å². The van der Waals surface area contributed by atoms with Crippen LogP contribution in [0.3, 0.4) is 0 Å². The Morgan fingerprint density at radius 1 is 1.40 bits per heavy atom. The highest BCUT2D eigenvalue weighted by molar-refractivity contribution is 5.95. The summed E-state index contributed by atoms with van der Waals surface area (Å²) < 4.78 is 37.8. The molecule has 1 fully saturated rings. The SMILES string of the molecule is Cc1ccc(C(F)(F)F)cc1NC(=O)C1CCCN1.Cl. The summed E-state index contributed by atoms with van der Waals surface area (Å²) in [6.45, 7) is 2.43. The molecule has 2 rings (SSSR count). The summed E-state index contributed by atoms with van der Waals surface area (Å²) in [4.78, 5) is 11.9. The smallest absolute Gasteiger partial charge is 0.324 e. The number of carbonyl (C=O) groups is 1. The number of hydrogen-bond acceptors (Lipinski definition) is 2. The number of amides is 1. The van der Waals surface area contributed by atoms with Crippen molar-refractivity contribution in [3.8, 4) is 0 Å². The average Bonchev–Trinajstić information content (AvgIpc) is 2.84. The van der Waals surface area contributed by atoms with E-state index in [-0.39, 0.29) is 30.0 Å². The third-order valence-electron chi connectivity index (χ3n) is 3.20. The molecule has 1 aromatic rings. The first-order valence-electron chi connectivity index (χ1n) is 6.10. The van der Waals surface area contributed by atoms with E-state index in [1.54, 1.807) is 6.92 Å². The average molecular weight is 309 g/mol. The zero-order chi connectivity index (χ0) is 14.0. The van der Waals surface area contributed by atoms with Gasteiger partial charge in [-0.3, -0.25) is 4.79 Å². The van der Waals surface area contributed by atoms with E-state index in [1.165, 1.54) is 6.07 Å². The van der Waals surface area contributed by atoms with Crippen molar-refractivity contribution in [3.63, 3.8) is 0 Å². The monoisotopic (exact) mass is 308 g/mol. The second-order valence-corrected chi connectivity index (χ2v) is 4.67. The predicted octanol–water partition coefficient (Wildman–Crippen LogP) is 3.13. The quantitative estimate of drug-likeness (QED) is 0.881. The van der Waals surface area contributed by atoms with E-state index >= 15 is 0 Å². The molecule has 1 aromatic carbocycles. The van der Waals surface area contributed by atoms with E-state index in [4.69, 9.17) is 0 Å². The van der Waals surface area contributed by atoms with Gasteiger partial charge in [0.25, 0.3) is 0 Å². The van der Waals surface area contributed by atoms with Crippen molar-refractivity contribution in [2.75, 3.05) is 11.9 Å². The number of benzene rings is 1. The first kappa shape index (κ1) is 16.8. The maximum absolute atomic E-state index is 12.6. The number of aryl methyl sites for hydroxylation is 1. The molecule has 0 aromatic heterocycles. The Morgan fingerprint density at radius 2 is 2.10 bits per heavy atom. The van der Waals surface area contributed by atoms with Crippen molar-refractivity contribution in [2.24, 2.45) is 0 Å². The molecule has 1 aliphatic heterocycles. The van der Waals surface area contributed by atoms with Crippen molar-refractivity contribution >= 4 is 24.0 Å². The largest absolute Gasteiger partial charge is 0.416 e. The minimum atomic E-state index is -4.40. The van der Waals surface area contributed by atoms with Gasteiger partial charge in [-0.05, 0) is 44.0 Å². The van der Waals surface area contributed by atoms with Crippen LogP contribution in [-0.2, 0) is 11.0 Å². The van der Waals surface area contributed by atoms with Gasteiger partial charge in [0.15, 0.2) is 0 Å². The Kier molecular flexibility index (Phi) is 5.42. The number of hydrogen-bond donors (Lipinski definition) is 2. The molecule has 1 saturated heterocycles. The fourth-order valence-electron chi connectivity index (χ4n) is 2.06. The van der Waals surface area contributed by atoms with Crippen LogP contribution in [0.1, 0.15) is 24.0 Å². The topological polar surface area (TPSA) is 41.1 Å². The van der Waals surface area contributed by atoms with Crippen LogP contribution in [0, 0.1) is 6.92 Å². The molecule has 1 heterocycles. The molecular formula is C13H16ClF3N2O. The summed E-state index contributed by atoms with van der Waals surface area (Å²) >= 11 is 0. The third-order valence-corrected chi connectivity index (χ3v) is 3.20. The predicted molar refractivity (Wildman–Crippen MR) is 73.1 cm³/mol. The first-order valence-corrected chi connectivity index (χ1v) is 6.10. The van der Waals surface area contributed by atoms with Gasteiger partial charge < -0.3 is 10.6 Å². The maximum atomic E-state index is 12.6. The van der Waals surface area contributed by atoms with E-state index < -0.39 is 11.7 Å². The van der Waals surface area contributed by atoms with Gasteiger partial charge >= 0.3 is 6.18 Å². The van der Waals surface area contributed by atoms with E-state index in [9.17, 15) is 18.0 Å². The number of rotatable bonds is 2. The second-order valence-electron chi connectivity index (χ2n) is 4.67.